The molecule has 0 unspecified atom stereocenters. The summed E-state index contributed by atoms with van der Waals surface area (Å²) in [4.78, 5) is 0. The number of benzene rings is 2. The molecule has 0 aromatic heterocycles. The van der Waals surface area contributed by atoms with Crippen LogP contribution in [0.15, 0.2) is 30.3 Å². The summed E-state index contributed by atoms with van der Waals surface area (Å²) in [6.45, 7) is 22.6. The molecule has 0 bridgehead atoms. The van der Waals surface area contributed by atoms with E-state index in [2.05, 4.69) is 32.9 Å². The van der Waals surface area contributed by atoms with Crippen LogP contribution >= 0.6 is 0 Å². The van der Waals surface area contributed by atoms with E-state index in [-0.39, 0.29) is 10.8 Å². The maximum absolute atomic E-state index is 11.4. The molecule has 0 saturated heterocycles. The van der Waals surface area contributed by atoms with Crippen LogP contribution in [0, 0.1) is 22.7 Å². The van der Waals surface area contributed by atoms with Gasteiger partial charge in [-0.25, -0.2) is 0 Å². The van der Waals surface area contributed by atoms with Gasteiger partial charge in [-0.15, -0.1) is 0 Å². The Morgan fingerprint density at radius 1 is 0.744 bits per heavy atom. The van der Waals surface area contributed by atoms with Crippen molar-refractivity contribution in [2.75, 3.05) is 14.2 Å². The fourth-order valence-corrected chi connectivity index (χ4v) is 5.80. The van der Waals surface area contributed by atoms with Crippen LogP contribution in [0.5, 0.6) is 17.2 Å². The number of nitriles is 2. The van der Waals surface area contributed by atoms with Gasteiger partial charge < -0.3 is 19.0 Å². The quantitative estimate of drug-likeness (QED) is 0.352. The summed E-state index contributed by atoms with van der Waals surface area (Å²) in [7, 11) is 0.509. The first-order chi connectivity index (χ1) is 17.7. The predicted octanol–water partition coefficient (Wildman–Crippen LogP) is 7.94. The number of hydrogen-bond donors (Lipinski definition) is 1. The highest BCUT2D eigenvalue weighted by atomic mass is 28.4. The molecule has 2 rings (SSSR count). The minimum absolute atomic E-state index is 0.231. The van der Waals surface area contributed by atoms with Crippen molar-refractivity contribution < 1.29 is 19.0 Å². The summed E-state index contributed by atoms with van der Waals surface area (Å²) in [5, 5.41) is 32.7. The molecule has 1 atom stereocenters. The van der Waals surface area contributed by atoms with Gasteiger partial charge in [0, 0.05) is 0 Å². The Morgan fingerprint density at radius 3 is 1.56 bits per heavy atom. The van der Waals surface area contributed by atoms with Crippen LogP contribution in [-0.2, 0) is 15.3 Å². The number of ether oxygens (including phenoxy) is 2. The zero-order valence-corrected chi connectivity index (χ0v) is 27.0. The smallest absolute Gasteiger partial charge is 0.243 e. The Labute approximate surface area is 236 Å². The van der Waals surface area contributed by atoms with Gasteiger partial charge in [0.05, 0.1) is 20.1 Å². The second-order valence-electron chi connectivity index (χ2n) is 13.8. The van der Waals surface area contributed by atoms with Gasteiger partial charge >= 0.3 is 0 Å². The van der Waals surface area contributed by atoms with Crippen LogP contribution in [0.3, 0.4) is 0 Å². The third-order valence-electron chi connectivity index (χ3n) is 7.78. The van der Waals surface area contributed by atoms with E-state index in [0.29, 0.717) is 17.1 Å². The molecule has 0 aliphatic rings. The second-order valence-corrected chi connectivity index (χ2v) is 18.6. The summed E-state index contributed by atoms with van der Waals surface area (Å²) in [6.07, 6.45) is 0. The van der Waals surface area contributed by atoms with Crippen molar-refractivity contribution in [3.8, 4) is 29.4 Å². The van der Waals surface area contributed by atoms with Gasteiger partial charge in [-0.1, -0.05) is 80.5 Å². The molecule has 0 spiro atoms. The molecule has 212 valence electrons. The molecular formula is C32H46N2O4Si. The molecule has 1 N–H and O–H groups in total. The lowest BCUT2D eigenvalue weighted by molar-refractivity contribution is 0.147. The summed E-state index contributed by atoms with van der Waals surface area (Å²) in [5.74, 6) is 0.461. The Hall–Kier alpha value is -3.00. The lowest BCUT2D eigenvalue weighted by atomic mass is 9.73. The number of phenols is 1. The Balaban J connectivity index is 3.11. The summed E-state index contributed by atoms with van der Waals surface area (Å²) >= 11 is 0. The second kappa shape index (κ2) is 10.9. The van der Waals surface area contributed by atoms with Crippen LogP contribution in [0.2, 0.25) is 18.1 Å². The molecule has 7 heteroatoms. The van der Waals surface area contributed by atoms with Gasteiger partial charge in [0.2, 0.25) is 5.60 Å². The molecule has 0 saturated carbocycles. The van der Waals surface area contributed by atoms with Crippen molar-refractivity contribution in [3.05, 3.63) is 52.6 Å². The van der Waals surface area contributed by atoms with Crippen molar-refractivity contribution in [1.82, 2.24) is 0 Å². The topological polar surface area (TPSA) is 95.5 Å². The minimum atomic E-state index is -2.61. The first-order valence-corrected chi connectivity index (χ1v) is 16.2. The minimum Gasteiger partial charge on any atom is -0.507 e. The van der Waals surface area contributed by atoms with E-state index in [1.807, 2.05) is 78.9 Å². The molecule has 0 heterocycles. The molecule has 0 radical (unpaired) electrons. The molecular weight excluding hydrogens is 504 g/mol. The summed E-state index contributed by atoms with van der Waals surface area (Å²) in [6, 6.07) is 13.9. The Morgan fingerprint density at radius 2 is 1.21 bits per heavy atom. The van der Waals surface area contributed by atoms with E-state index in [1.54, 1.807) is 20.3 Å². The van der Waals surface area contributed by atoms with E-state index in [1.165, 1.54) is 0 Å². The number of nitrogens with zero attached hydrogens (tertiary/aromatic N) is 2. The van der Waals surface area contributed by atoms with Crippen molar-refractivity contribution >= 4 is 8.32 Å². The van der Waals surface area contributed by atoms with Gasteiger partial charge in [0.25, 0.3) is 0 Å². The van der Waals surface area contributed by atoms with Crippen molar-refractivity contribution in [2.45, 2.75) is 103 Å². The molecule has 2 aromatic rings. The number of rotatable bonds is 7. The Kier molecular flexibility index (Phi) is 8.98. The molecule has 0 amide bonds. The number of methoxy groups -OCH3 is 2. The number of hydrogen-bond acceptors (Lipinski definition) is 6. The fraction of sp³-hybridized carbons (Fsp3) is 0.562. The van der Waals surface area contributed by atoms with Crippen LogP contribution < -0.4 is 9.47 Å². The maximum Gasteiger partial charge on any atom is 0.243 e. The lowest BCUT2D eigenvalue weighted by Crippen LogP contribution is -2.51. The highest BCUT2D eigenvalue weighted by Gasteiger charge is 2.51. The van der Waals surface area contributed by atoms with Crippen molar-refractivity contribution in [2.24, 2.45) is 0 Å². The van der Waals surface area contributed by atoms with Gasteiger partial charge in [0.1, 0.15) is 17.9 Å². The van der Waals surface area contributed by atoms with E-state index >= 15 is 0 Å². The monoisotopic (exact) mass is 550 g/mol. The SMILES string of the molecule is COc1ccc([C@@H](c2cc(C(C)(C)C)c(O)c(C(C)(C)C)c2)C(C#N)(C#N)O[Si](C)(C)C(C)(C)C)cc1OC. The van der Waals surface area contributed by atoms with Gasteiger partial charge in [-0.05, 0) is 63.3 Å². The predicted molar refractivity (Wildman–Crippen MR) is 159 cm³/mol. The van der Waals surface area contributed by atoms with E-state index < -0.39 is 30.7 Å². The number of aromatic hydroxyl groups is 1. The summed E-state index contributed by atoms with van der Waals surface area (Å²) in [5.41, 5.74) is 0.246. The molecule has 0 fully saturated rings. The lowest BCUT2D eigenvalue weighted by Gasteiger charge is -2.43. The number of phenolic OH excluding ortho intramolecular Hbond substituents is 1. The average molecular weight is 551 g/mol. The first-order valence-electron chi connectivity index (χ1n) is 13.3. The largest absolute Gasteiger partial charge is 0.507 e. The van der Waals surface area contributed by atoms with Crippen molar-refractivity contribution in [3.63, 3.8) is 0 Å². The normalized spacial score (nSPS) is 13.8. The average Bonchev–Trinajstić information content (AvgIpc) is 2.81. The van der Waals surface area contributed by atoms with Crippen LogP contribution in [0.25, 0.3) is 0 Å². The van der Waals surface area contributed by atoms with Crippen molar-refractivity contribution in [1.29, 1.82) is 10.5 Å². The molecule has 2 aromatic carbocycles. The molecule has 39 heavy (non-hydrogen) atoms. The van der Waals surface area contributed by atoms with Crippen LogP contribution in [0.4, 0.5) is 0 Å². The maximum atomic E-state index is 11.4. The molecule has 6 nitrogen and oxygen atoms in total. The Bertz CT molecular complexity index is 1230. The van der Waals surface area contributed by atoms with E-state index in [9.17, 15) is 15.6 Å². The van der Waals surface area contributed by atoms with Gasteiger partial charge in [-0.3, -0.25) is 0 Å². The zero-order valence-electron chi connectivity index (χ0n) is 26.0. The zero-order chi connectivity index (χ0) is 30.2. The first kappa shape index (κ1) is 32.2. The molecule has 0 aliphatic carbocycles. The van der Waals surface area contributed by atoms with Gasteiger partial charge in [0.15, 0.2) is 19.8 Å². The van der Waals surface area contributed by atoms with E-state index in [4.69, 9.17) is 13.9 Å². The van der Waals surface area contributed by atoms with E-state index in [0.717, 1.165) is 16.7 Å². The van der Waals surface area contributed by atoms with Crippen LogP contribution in [0.1, 0.15) is 90.5 Å². The van der Waals surface area contributed by atoms with Gasteiger partial charge in [-0.2, -0.15) is 10.5 Å². The fourth-order valence-electron chi connectivity index (χ4n) is 4.48. The standard InChI is InChI=1S/C32H46N2O4Si/c1-29(2,3)23-16-22(17-24(28(23)35)30(4,5)6)27(21-14-15-25(36-10)26(18-21)37-11)32(19-33,20-34)38-39(12,13)31(7,8)9/h14-18,27,35H,1-13H3/t27-/m0/s1. The summed E-state index contributed by atoms with van der Waals surface area (Å²) < 4.78 is 17.8. The van der Waals surface area contributed by atoms with Crippen LogP contribution in [-0.4, -0.2) is 33.2 Å². The third kappa shape index (κ3) is 6.43. The molecule has 0 aliphatic heterocycles. The third-order valence-corrected chi connectivity index (χ3v) is 12.2. The highest BCUT2D eigenvalue weighted by Crippen LogP contribution is 2.49. The highest BCUT2D eigenvalue weighted by molar-refractivity contribution is 6.74.